The van der Waals surface area contributed by atoms with E-state index in [9.17, 15) is 19.2 Å². The zero-order valence-corrected chi connectivity index (χ0v) is 22.4. The van der Waals surface area contributed by atoms with Gasteiger partial charge in [-0.15, -0.1) is 6.58 Å². The lowest BCUT2D eigenvalue weighted by Crippen LogP contribution is -2.54. The van der Waals surface area contributed by atoms with Crippen molar-refractivity contribution < 1.29 is 33.8 Å². The number of carboxylic acid groups (broad SMARTS) is 1. The normalized spacial score (nSPS) is 14.2. The first-order chi connectivity index (χ1) is 19.1. The summed E-state index contributed by atoms with van der Waals surface area (Å²) in [5.41, 5.74) is 2.67. The molecule has 0 aromatic heterocycles. The number of methoxy groups -OCH3 is 1. The van der Waals surface area contributed by atoms with Crippen LogP contribution in [0.15, 0.2) is 72.8 Å². The summed E-state index contributed by atoms with van der Waals surface area (Å²) in [5, 5.41) is 11.6. The molecular weight excluding hydrogens is 536 g/mol. The maximum atomic E-state index is 13.4. The van der Waals surface area contributed by atoms with Crippen LogP contribution in [0.3, 0.4) is 0 Å². The Bertz CT molecular complexity index is 1560. The zero-order valence-electron chi connectivity index (χ0n) is 21.7. The summed E-state index contributed by atoms with van der Waals surface area (Å²) in [7, 11) is 1.46. The lowest BCUT2D eigenvalue weighted by molar-refractivity contribution is -0.122. The van der Waals surface area contributed by atoms with Crippen LogP contribution >= 0.6 is 11.6 Å². The number of aryl methyl sites for hydroxylation is 1. The van der Waals surface area contributed by atoms with Gasteiger partial charge in [-0.25, -0.2) is 14.5 Å². The fraction of sp³-hybridized carbons (Fsp3) is 0.133. The van der Waals surface area contributed by atoms with Crippen LogP contribution in [0, 0.1) is 6.92 Å². The molecule has 0 radical (unpaired) electrons. The summed E-state index contributed by atoms with van der Waals surface area (Å²) in [5.74, 6) is -1.88. The molecular formula is C30H25ClN2O7. The molecule has 204 valence electrons. The number of nitrogens with one attached hydrogen (secondary N) is 1. The highest BCUT2D eigenvalue weighted by molar-refractivity contribution is 6.39. The third-order valence-corrected chi connectivity index (χ3v) is 6.38. The van der Waals surface area contributed by atoms with E-state index >= 15 is 0 Å². The molecule has 10 heteroatoms. The second-order valence-corrected chi connectivity index (χ2v) is 9.32. The minimum atomic E-state index is -1.02. The van der Waals surface area contributed by atoms with Gasteiger partial charge in [0.1, 0.15) is 12.2 Å². The van der Waals surface area contributed by atoms with E-state index in [-0.39, 0.29) is 23.4 Å². The number of halogens is 1. The van der Waals surface area contributed by atoms with E-state index in [2.05, 4.69) is 11.9 Å². The number of carbonyl (C=O) groups excluding carboxylic acids is 3. The number of ether oxygens (including phenoxy) is 2. The van der Waals surface area contributed by atoms with Gasteiger partial charge in [0.05, 0.1) is 18.4 Å². The number of barbiturate groups is 1. The number of urea groups is 1. The molecule has 4 amide bonds. The van der Waals surface area contributed by atoms with Crippen molar-refractivity contribution >= 4 is 47.2 Å². The Morgan fingerprint density at radius 1 is 1.10 bits per heavy atom. The van der Waals surface area contributed by atoms with Gasteiger partial charge >= 0.3 is 12.0 Å². The minimum Gasteiger partial charge on any atom is -0.493 e. The summed E-state index contributed by atoms with van der Waals surface area (Å²) >= 11 is 6.10. The Morgan fingerprint density at radius 3 is 2.48 bits per heavy atom. The molecule has 1 fully saturated rings. The lowest BCUT2D eigenvalue weighted by atomic mass is 10.0. The monoisotopic (exact) mass is 560 g/mol. The highest BCUT2D eigenvalue weighted by atomic mass is 35.5. The fourth-order valence-electron chi connectivity index (χ4n) is 4.15. The number of hydrogen-bond acceptors (Lipinski definition) is 6. The maximum absolute atomic E-state index is 13.4. The van der Waals surface area contributed by atoms with Gasteiger partial charge in [-0.3, -0.25) is 14.9 Å². The van der Waals surface area contributed by atoms with Gasteiger partial charge in [0.2, 0.25) is 0 Å². The number of imide groups is 2. The third-order valence-electron chi connectivity index (χ3n) is 6.15. The van der Waals surface area contributed by atoms with Crippen LogP contribution < -0.4 is 19.7 Å². The molecule has 1 heterocycles. The van der Waals surface area contributed by atoms with Crippen molar-refractivity contribution in [2.75, 3.05) is 12.0 Å². The molecule has 0 spiro atoms. The van der Waals surface area contributed by atoms with E-state index in [1.807, 2.05) is 0 Å². The summed E-state index contributed by atoms with van der Waals surface area (Å²) in [6.45, 7) is 5.65. The van der Waals surface area contributed by atoms with Gasteiger partial charge < -0.3 is 14.6 Å². The summed E-state index contributed by atoms with van der Waals surface area (Å²) in [6.07, 6.45) is 3.43. The van der Waals surface area contributed by atoms with Gasteiger partial charge in [-0.1, -0.05) is 35.9 Å². The van der Waals surface area contributed by atoms with Gasteiger partial charge in [-0.2, -0.15) is 0 Å². The predicted octanol–water partition coefficient (Wildman–Crippen LogP) is 5.33. The van der Waals surface area contributed by atoms with Crippen molar-refractivity contribution in [3.8, 4) is 11.5 Å². The minimum absolute atomic E-state index is 0.137. The number of hydrogen-bond donors (Lipinski definition) is 2. The first kappa shape index (κ1) is 28.1. The molecule has 40 heavy (non-hydrogen) atoms. The van der Waals surface area contributed by atoms with Crippen molar-refractivity contribution in [1.82, 2.24) is 5.32 Å². The quantitative estimate of drug-likeness (QED) is 0.206. The van der Waals surface area contributed by atoms with E-state index < -0.39 is 23.8 Å². The van der Waals surface area contributed by atoms with Crippen molar-refractivity contribution in [3.63, 3.8) is 0 Å². The van der Waals surface area contributed by atoms with Crippen LogP contribution in [-0.2, 0) is 22.6 Å². The molecule has 1 saturated heterocycles. The SMILES string of the molecule is C=CCc1cc(/C=C2\C(=O)NC(=O)N(c3cc(Cl)ccc3C)C2=O)cc(OC)c1OCc1ccc(C(=O)O)cc1. The van der Waals surface area contributed by atoms with Crippen molar-refractivity contribution in [2.24, 2.45) is 0 Å². The van der Waals surface area contributed by atoms with E-state index in [0.29, 0.717) is 39.6 Å². The Labute approximate surface area is 235 Å². The predicted molar refractivity (Wildman–Crippen MR) is 150 cm³/mol. The van der Waals surface area contributed by atoms with Crippen LogP contribution in [0.5, 0.6) is 11.5 Å². The van der Waals surface area contributed by atoms with Gasteiger partial charge in [0.15, 0.2) is 11.5 Å². The van der Waals surface area contributed by atoms with Gasteiger partial charge in [0, 0.05) is 10.6 Å². The second-order valence-electron chi connectivity index (χ2n) is 8.88. The molecule has 2 N–H and O–H groups in total. The number of nitrogens with zero attached hydrogens (tertiary/aromatic N) is 1. The Kier molecular flexibility index (Phi) is 8.35. The molecule has 0 atom stereocenters. The van der Waals surface area contributed by atoms with E-state index in [4.69, 9.17) is 26.2 Å². The molecule has 0 saturated carbocycles. The largest absolute Gasteiger partial charge is 0.493 e. The summed E-state index contributed by atoms with van der Waals surface area (Å²) < 4.78 is 11.6. The van der Waals surface area contributed by atoms with E-state index in [1.54, 1.807) is 49.4 Å². The number of aromatic carboxylic acids is 1. The number of rotatable bonds is 9. The average molecular weight is 561 g/mol. The Morgan fingerprint density at radius 2 is 1.82 bits per heavy atom. The molecule has 9 nitrogen and oxygen atoms in total. The highest BCUT2D eigenvalue weighted by Crippen LogP contribution is 2.36. The molecule has 0 unspecified atom stereocenters. The number of carboxylic acids is 1. The van der Waals surface area contributed by atoms with E-state index in [0.717, 1.165) is 10.5 Å². The first-order valence-electron chi connectivity index (χ1n) is 12.1. The van der Waals surface area contributed by atoms with Crippen LogP contribution in [0.4, 0.5) is 10.5 Å². The number of anilines is 1. The highest BCUT2D eigenvalue weighted by Gasteiger charge is 2.37. The van der Waals surface area contributed by atoms with Crippen molar-refractivity contribution in [2.45, 2.75) is 20.0 Å². The Balaban J connectivity index is 1.69. The number of carbonyl (C=O) groups is 4. The van der Waals surface area contributed by atoms with Crippen LogP contribution in [0.1, 0.15) is 32.6 Å². The zero-order chi connectivity index (χ0) is 29.0. The summed E-state index contributed by atoms with van der Waals surface area (Å²) in [4.78, 5) is 50.7. The smallest absolute Gasteiger partial charge is 0.335 e. The molecule has 1 aliphatic heterocycles. The van der Waals surface area contributed by atoms with Crippen LogP contribution in [-0.4, -0.2) is 36.0 Å². The topological polar surface area (TPSA) is 122 Å². The maximum Gasteiger partial charge on any atom is 0.335 e. The van der Waals surface area contributed by atoms with Crippen molar-refractivity contribution in [3.05, 3.63) is 106 Å². The fourth-order valence-corrected chi connectivity index (χ4v) is 4.32. The molecule has 0 bridgehead atoms. The number of allylic oxidation sites excluding steroid dienone is 1. The number of benzene rings is 3. The molecule has 1 aliphatic rings. The molecule has 4 rings (SSSR count). The lowest BCUT2D eigenvalue weighted by Gasteiger charge is -2.27. The molecule has 3 aromatic carbocycles. The molecule has 3 aromatic rings. The molecule has 0 aliphatic carbocycles. The number of amides is 4. The van der Waals surface area contributed by atoms with Gasteiger partial charge in [-0.05, 0) is 72.5 Å². The third kappa shape index (κ3) is 5.89. The first-order valence-corrected chi connectivity index (χ1v) is 12.4. The van der Waals surface area contributed by atoms with Crippen LogP contribution in [0.2, 0.25) is 5.02 Å². The second kappa shape index (κ2) is 11.9. The van der Waals surface area contributed by atoms with Crippen LogP contribution in [0.25, 0.3) is 6.08 Å². The van der Waals surface area contributed by atoms with E-state index in [1.165, 1.54) is 31.4 Å². The average Bonchev–Trinajstić information content (AvgIpc) is 2.92. The Hall–Kier alpha value is -4.89. The van der Waals surface area contributed by atoms with Gasteiger partial charge in [0.25, 0.3) is 11.8 Å². The summed E-state index contributed by atoms with van der Waals surface area (Å²) in [6, 6.07) is 13.5. The van der Waals surface area contributed by atoms with Crippen molar-refractivity contribution in [1.29, 1.82) is 0 Å². The standard InChI is InChI=1S/C30H25ClN2O7/c1-4-5-21-12-19(14-25(39-3)26(21)40-16-18-7-9-20(10-8-18)29(36)37)13-23-27(34)32-30(38)33(28(23)35)24-15-22(31)11-6-17(24)2/h4,6-15H,1,5,16H2,2-3H3,(H,36,37)(H,32,34,38)/b23-13+.